The third-order valence-corrected chi connectivity index (χ3v) is 8.20. The number of amides is 1. The number of piperazine rings is 1. The SMILES string of the molecule is N#CC1C=C(c2cnc(N)c(-n3cc(C(N)=O)cn3)n2)C=CC1(C(=O)C(O)c1ccccc1)N1[C@@H]2CC[C@H]1CNC2. The van der Waals surface area contributed by atoms with Crippen molar-refractivity contribution in [3.8, 4) is 11.9 Å². The van der Waals surface area contributed by atoms with Crippen molar-refractivity contribution in [1.82, 2.24) is 30.0 Å². The topological polar surface area (TPSA) is 189 Å². The number of aliphatic hydroxyl groups excluding tert-OH is 1. The van der Waals surface area contributed by atoms with Gasteiger partial charge in [-0.25, -0.2) is 14.6 Å². The van der Waals surface area contributed by atoms with E-state index in [4.69, 9.17) is 11.5 Å². The Balaban J connectivity index is 1.42. The molecule has 0 radical (unpaired) electrons. The van der Waals surface area contributed by atoms with Crippen LogP contribution in [0.4, 0.5) is 5.82 Å². The summed E-state index contributed by atoms with van der Waals surface area (Å²) in [4.78, 5) is 36.9. The molecule has 2 aromatic heterocycles. The first-order valence-electron chi connectivity index (χ1n) is 13.4. The van der Waals surface area contributed by atoms with Crippen LogP contribution in [0, 0.1) is 17.2 Å². The Morgan fingerprint density at radius 1 is 1.17 bits per heavy atom. The van der Waals surface area contributed by atoms with Crippen molar-refractivity contribution in [2.75, 3.05) is 18.8 Å². The van der Waals surface area contributed by atoms with Crippen LogP contribution in [0.15, 0.2) is 67.2 Å². The number of aliphatic hydroxyl groups is 1. The largest absolute Gasteiger partial charge is 0.381 e. The minimum atomic E-state index is -1.41. The number of carbonyl (C=O) groups excluding carboxylic acids is 2. The van der Waals surface area contributed by atoms with Gasteiger partial charge in [0.05, 0.1) is 35.6 Å². The lowest BCUT2D eigenvalue weighted by Gasteiger charge is -2.50. The standard InChI is InChI=1S/C29H29N9O3/c30-11-20-10-18(23-15-34-26(31)28(36-23)37-16-19(12-35-37)27(32)41)8-9-29(20,38-21-6-7-22(38)14-33-13-21)25(40)24(39)17-4-2-1-3-5-17/h1-5,8-10,12,15-16,20-22,24,33,39H,6-7,13-14H2,(H2,31,34)(H2,32,41)/t20?,21-,22+,24?,29?. The summed E-state index contributed by atoms with van der Waals surface area (Å²) in [5, 5.41) is 29.4. The van der Waals surface area contributed by atoms with Crippen LogP contribution in [-0.4, -0.2) is 72.2 Å². The first-order valence-corrected chi connectivity index (χ1v) is 13.4. The fourth-order valence-electron chi connectivity index (χ4n) is 6.25. The molecule has 1 aromatic carbocycles. The zero-order chi connectivity index (χ0) is 28.7. The molecule has 41 heavy (non-hydrogen) atoms. The minimum absolute atomic E-state index is 0.0401. The number of benzene rings is 1. The van der Waals surface area contributed by atoms with Gasteiger partial charge in [0.15, 0.2) is 17.4 Å². The van der Waals surface area contributed by atoms with Gasteiger partial charge in [-0.2, -0.15) is 10.4 Å². The number of nitrogens with zero attached hydrogens (tertiary/aromatic N) is 6. The highest BCUT2D eigenvalue weighted by atomic mass is 16.3. The van der Waals surface area contributed by atoms with Gasteiger partial charge in [-0.3, -0.25) is 14.5 Å². The van der Waals surface area contributed by atoms with Crippen molar-refractivity contribution in [1.29, 1.82) is 5.26 Å². The van der Waals surface area contributed by atoms with Crippen LogP contribution in [0.5, 0.6) is 0 Å². The van der Waals surface area contributed by atoms with Gasteiger partial charge in [0, 0.05) is 31.4 Å². The molecule has 1 aliphatic carbocycles. The van der Waals surface area contributed by atoms with E-state index in [-0.39, 0.29) is 29.3 Å². The number of anilines is 1. The zero-order valence-corrected chi connectivity index (χ0v) is 22.1. The van der Waals surface area contributed by atoms with Crippen molar-refractivity contribution >= 4 is 23.1 Å². The molecule has 6 rings (SSSR count). The predicted molar refractivity (Wildman–Crippen MR) is 149 cm³/mol. The zero-order valence-electron chi connectivity index (χ0n) is 22.1. The molecule has 0 spiro atoms. The molecule has 6 N–H and O–H groups in total. The number of allylic oxidation sites excluding steroid dienone is 2. The number of hydrogen-bond acceptors (Lipinski definition) is 10. The summed E-state index contributed by atoms with van der Waals surface area (Å²) in [5.41, 5.74) is 11.7. The number of fused-ring (bicyclic) bond motifs is 2. The fraction of sp³-hybridized carbons (Fsp3) is 0.310. The molecular weight excluding hydrogens is 522 g/mol. The fourth-order valence-corrected chi connectivity index (χ4v) is 6.25. The lowest BCUT2D eigenvalue weighted by atomic mass is 9.71. The van der Waals surface area contributed by atoms with E-state index in [1.54, 1.807) is 42.5 Å². The first kappa shape index (κ1) is 26.5. The summed E-state index contributed by atoms with van der Waals surface area (Å²) in [6, 6.07) is 11.2. The first-order chi connectivity index (χ1) is 19.8. The number of carbonyl (C=O) groups is 2. The number of rotatable bonds is 7. The molecule has 2 fully saturated rings. The van der Waals surface area contributed by atoms with E-state index in [1.165, 1.54) is 23.3 Å². The molecule has 1 amide bonds. The van der Waals surface area contributed by atoms with Crippen LogP contribution >= 0.6 is 0 Å². The van der Waals surface area contributed by atoms with Crippen LogP contribution in [0.3, 0.4) is 0 Å². The van der Waals surface area contributed by atoms with Gasteiger partial charge in [0.2, 0.25) is 0 Å². The molecule has 12 heteroatoms. The minimum Gasteiger partial charge on any atom is -0.381 e. The average molecular weight is 552 g/mol. The summed E-state index contributed by atoms with van der Waals surface area (Å²) in [7, 11) is 0. The number of nitriles is 1. The normalized spacial score (nSPS) is 26.2. The number of aromatic nitrogens is 4. The van der Waals surface area contributed by atoms with Crippen LogP contribution < -0.4 is 16.8 Å². The summed E-state index contributed by atoms with van der Waals surface area (Å²) in [5.74, 6) is -1.75. The molecule has 2 aliphatic heterocycles. The van der Waals surface area contributed by atoms with Gasteiger partial charge in [-0.15, -0.1) is 0 Å². The monoisotopic (exact) mass is 551 g/mol. The predicted octanol–water partition coefficient (Wildman–Crippen LogP) is 0.914. The molecule has 5 atom stereocenters. The van der Waals surface area contributed by atoms with E-state index in [1.807, 2.05) is 6.07 Å². The van der Waals surface area contributed by atoms with Crippen molar-refractivity contribution in [2.24, 2.45) is 11.7 Å². The molecule has 3 aromatic rings. The van der Waals surface area contributed by atoms with E-state index < -0.39 is 29.3 Å². The second kappa shape index (κ2) is 10.4. The molecule has 2 bridgehead atoms. The van der Waals surface area contributed by atoms with Crippen LogP contribution in [0.1, 0.15) is 40.6 Å². The van der Waals surface area contributed by atoms with E-state index in [0.29, 0.717) is 29.9 Å². The van der Waals surface area contributed by atoms with Crippen LogP contribution in [-0.2, 0) is 4.79 Å². The third-order valence-electron chi connectivity index (χ3n) is 8.20. The number of nitrogens with one attached hydrogen (secondary N) is 1. The Morgan fingerprint density at radius 3 is 2.56 bits per heavy atom. The Bertz CT molecular complexity index is 1590. The van der Waals surface area contributed by atoms with Crippen LogP contribution in [0.25, 0.3) is 11.4 Å². The van der Waals surface area contributed by atoms with Gasteiger partial charge in [0.1, 0.15) is 11.6 Å². The highest BCUT2D eigenvalue weighted by Crippen LogP contribution is 2.45. The molecule has 0 saturated carbocycles. The van der Waals surface area contributed by atoms with Crippen molar-refractivity contribution in [3.05, 3.63) is 84.0 Å². The summed E-state index contributed by atoms with van der Waals surface area (Å²) >= 11 is 0. The van der Waals surface area contributed by atoms with Gasteiger partial charge in [-0.1, -0.05) is 48.6 Å². The molecule has 4 heterocycles. The molecule has 3 aliphatic rings. The molecule has 12 nitrogen and oxygen atoms in total. The Kier molecular flexibility index (Phi) is 6.70. The maximum Gasteiger partial charge on any atom is 0.251 e. The van der Waals surface area contributed by atoms with E-state index >= 15 is 0 Å². The maximum atomic E-state index is 14.4. The van der Waals surface area contributed by atoms with E-state index in [0.717, 1.165) is 12.8 Å². The molecule has 208 valence electrons. The number of Topliss-reactive ketones (excluding diaryl/α,β-unsaturated/α-hetero) is 1. The Hall–Kier alpha value is -4.70. The number of primary amides is 1. The van der Waals surface area contributed by atoms with E-state index in [9.17, 15) is 20.0 Å². The van der Waals surface area contributed by atoms with Crippen molar-refractivity contribution in [3.63, 3.8) is 0 Å². The lowest BCUT2D eigenvalue weighted by Crippen LogP contribution is -2.67. The number of nitrogens with two attached hydrogens (primary N) is 2. The maximum absolute atomic E-state index is 14.4. The summed E-state index contributed by atoms with van der Waals surface area (Å²) in [6.45, 7) is 1.39. The van der Waals surface area contributed by atoms with Gasteiger partial charge < -0.3 is 21.9 Å². The summed E-state index contributed by atoms with van der Waals surface area (Å²) < 4.78 is 1.31. The van der Waals surface area contributed by atoms with Gasteiger partial charge in [-0.05, 0) is 24.0 Å². The van der Waals surface area contributed by atoms with Gasteiger partial charge >= 0.3 is 0 Å². The van der Waals surface area contributed by atoms with E-state index in [2.05, 4.69) is 31.4 Å². The number of nitrogen functional groups attached to an aromatic ring is 1. The summed E-state index contributed by atoms with van der Waals surface area (Å²) in [6.07, 6.45) is 9.77. The van der Waals surface area contributed by atoms with Crippen molar-refractivity contribution in [2.45, 2.75) is 36.6 Å². The van der Waals surface area contributed by atoms with Crippen molar-refractivity contribution < 1.29 is 14.7 Å². The second-order valence-electron chi connectivity index (χ2n) is 10.5. The lowest BCUT2D eigenvalue weighted by molar-refractivity contribution is -0.141. The average Bonchev–Trinajstić information content (AvgIpc) is 3.59. The third kappa shape index (κ3) is 4.40. The number of hydrogen-bond donors (Lipinski definition) is 4. The van der Waals surface area contributed by atoms with Gasteiger partial charge in [0.25, 0.3) is 5.91 Å². The quantitative estimate of drug-likeness (QED) is 0.328. The second-order valence-corrected chi connectivity index (χ2v) is 10.5. The Morgan fingerprint density at radius 2 is 1.90 bits per heavy atom. The number of ketones is 1. The molecule has 2 saturated heterocycles. The highest BCUT2D eigenvalue weighted by Gasteiger charge is 2.57. The smallest absolute Gasteiger partial charge is 0.251 e. The molecule has 3 unspecified atom stereocenters. The van der Waals surface area contributed by atoms with Crippen LogP contribution in [0.2, 0.25) is 0 Å². The Labute approximate surface area is 236 Å². The highest BCUT2D eigenvalue weighted by molar-refractivity contribution is 5.98. The molecular formula is C29H29N9O3.